The maximum Gasteiger partial charge on any atom is 0.248 e. The summed E-state index contributed by atoms with van der Waals surface area (Å²) in [6.07, 6.45) is 4.73. The van der Waals surface area contributed by atoms with E-state index in [0.29, 0.717) is 5.92 Å². The second kappa shape index (κ2) is 8.98. The number of likely N-dealkylation sites (tertiary alicyclic amines) is 1. The van der Waals surface area contributed by atoms with Gasteiger partial charge in [-0.1, -0.05) is 26.0 Å². The van der Waals surface area contributed by atoms with Gasteiger partial charge in [0.25, 0.3) is 0 Å². The first kappa shape index (κ1) is 24.1. The summed E-state index contributed by atoms with van der Waals surface area (Å²) in [7, 11) is 0. The Bertz CT molecular complexity index is 1000. The van der Waals surface area contributed by atoms with Crippen molar-refractivity contribution in [2.75, 3.05) is 19.6 Å². The summed E-state index contributed by atoms with van der Waals surface area (Å²) >= 11 is 0. The van der Waals surface area contributed by atoms with E-state index in [0.717, 1.165) is 31.4 Å². The first-order valence-electron chi connectivity index (χ1n) is 11.9. The molecule has 184 valence electrons. The van der Waals surface area contributed by atoms with Crippen LogP contribution in [0.15, 0.2) is 6.20 Å². The number of hydrogen-bond acceptors (Lipinski definition) is 7. The van der Waals surface area contributed by atoms with Gasteiger partial charge in [-0.15, -0.1) is 5.10 Å². The van der Waals surface area contributed by atoms with E-state index in [1.165, 1.54) is 4.90 Å². The zero-order valence-electron chi connectivity index (χ0n) is 20.0. The number of carbonyl (C=O) groups is 3. The molecule has 0 aromatic carbocycles. The standard InChI is InChI=1S/C23H33N7O4/c1-22(2,3)19(30-11-16(27-28-30)14-4-5-14)21(34)29-10-15(31)8-17(29)20(33)25-9-18(32)26-13-23(12-24)6-7-23/h11,14-15,17,19,31H,4-10,13H2,1-3H3,(H,25,33)(H,26,32)/t15-,17+,19-/m1/s1. The normalized spacial score (nSPS) is 24.3. The third-order valence-electron chi connectivity index (χ3n) is 6.84. The van der Waals surface area contributed by atoms with Gasteiger partial charge in [0.1, 0.15) is 12.1 Å². The average Bonchev–Trinajstić information content (AvgIpc) is 3.69. The second-order valence-corrected chi connectivity index (χ2v) is 10.9. The zero-order chi connectivity index (χ0) is 24.7. The number of nitriles is 1. The van der Waals surface area contributed by atoms with Crippen LogP contribution in [0, 0.1) is 22.2 Å². The summed E-state index contributed by atoms with van der Waals surface area (Å²) in [5.41, 5.74) is -0.117. The van der Waals surface area contributed by atoms with E-state index in [-0.39, 0.29) is 32.0 Å². The predicted molar refractivity (Wildman–Crippen MR) is 120 cm³/mol. The maximum atomic E-state index is 13.7. The summed E-state index contributed by atoms with van der Waals surface area (Å²) in [4.78, 5) is 40.1. The zero-order valence-corrected chi connectivity index (χ0v) is 20.0. The third kappa shape index (κ3) is 5.22. The number of rotatable bonds is 8. The summed E-state index contributed by atoms with van der Waals surface area (Å²) in [6.45, 7) is 5.81. The van der Waals surface area contributed by atoms with Crippen LogP contribution in [0.3, 0.4) is 0 Å². The van der Waals surface area contributed by atoms with Crippen LogP contribution in [-0.2, 0) is 14.4 Å². The van der Waals surface area contributed by atoms with Gasteiger partial charge in [0.2, 0.25) is 17.7 Å². The van der Waals surface area contributed by atoms with Crippen LogP contribution in [0.1, 0.15) is 70.5 Å². The number of hydrogen-bond donors (Lipinski definition) is 3. The fraction of sp³-hybridized carbons (Fsp3) is 0.739. The molecule has 0 bridgehead atoms. The molecular weight excluding hydrogens is 438 g/mol. The highest BCUT2D eigenvalue weighted by molar-refractivity contribution is 5.92. The fourth-order valence-corrected chi connectivity index (χ4v) is 4.42. The quantitative estimate of drug-likeness (QED) is 0.491. The summed E-state index contributed by atoms with van der Waals surface area (Å²) in [6, 6.07) is 0.617. The minimum Gasteiger partial charge on any atom is -0.391 e. The van der Waals surface area contributed by atoms with Crippen LogP contribution >= 0.6 is 0 Å². The Morgan fingerprint density at radius 2 is 2.00 bits per heavy atom. The van der Waals surface area contributed by atoms with Crippen molar-refractivity contribution < 1.29 is 19.5 Å². The van der Waals surface area contributed by atoms with Gasteiger partial charge in [0.05, 0.1) is 29.8 Å². The lowest BCUT2D eigenvalue weighted by Crippen LogP contribution is -2.51. The Kier molecular flexibility index (Phi) is 6.38. The van der Waals surface area contributed by atoms with Crippen LogP contribution in [0.4, 0.5) is 0 Å². The number of aliphatic hydroxyl groups excluding tert-OH is 1. The Morgan fingerprint density at radius 3 is 2.59 bits per heavy atom. The van der Waals surface area contributed by atoms with E-state index in [1.807, 2.05) is 27.0 Å². The molecular formula is C23H33N7O4. The Hall–Kier alpha value is -3.00. The number of aromatic nitrogens is 3. The molecule has 0 radical (unpaired) electrons. The molecule has 0 unspecified atom stereocenters. The van der Waals surface area contributed by atoms with Gasteiger partial charge < -0.3 is 20.6 Å². The van der Waals surface area contributed by atoms with Crippen molar-refractivity contribution in [1.29, 1.82) is 5.26 Å². The molecule has 11 nitrogen and oxygen atoms in total. The van der Waals surface area contributed by atoms with Crippen LogP contribution in [-0.4, -0.2) is 74.5 Å². The van der Waals surface area contributed by atoms with Gasteiger partial charge >= 0.3 is 0 Å². The Balaban J connectivity index is 1.41. The average molecular weight is 472 g/mol. The van der Waals surface area contributed by atoms with Crippen molar-refractivity contribution in [2.24, 2.45) is 10.8 Å². The predicted octanol–water partition coefficient (Wildman–Crippen LogP) is 0.241. The van der Waals surface area contributed by atoms with Crippen molar-refractivity contribution in [1.82, 2.24) is 30.5 Å². The smallest absolute Gasteiger partial charge is 0.248 e. The van der Waals surface area contributed by atoms with E-state index < -0.39 is 40.8 Å². The summed E-state index contributed by atoms with van der Waals surface area (Å²) in [5, 5.41) is 33.1. The monoisotopic (exact) mass is 471 g/mol. The molecule has 1 aliphatic heterocycles. The largest absolute Gasteiger partial charge is 0.391 e. The molecule has 4 rings (SSSR count). The summed E-state index contributed by atoms with van der Waals surface area (Å²) < 4.78 is 1.58. The molecule has 3 atom stereocenters. The Morgan fingerprint density at radius 1 is 1.29 bits per heavy atom. The minimum absolute atomic E-state index is 0.0323. The van der Waals surface area contributed by atoms with Crippen LogP contribution in [0.25, 0.3) is 0 Å². The third-order valence-corrected chi connectivity index (χ3v) is 6.84. The van der Waals surface area contributed by atoms with E-state index in [9.17, 15) is 19.5 Å². The number of carbonyl (C=O) groups excluding carboxylic acids is 3. The lowest BCUT2D eigenvalue weighted by molar-refractivity contribution is -0.144. The molecule has 2 heterocycles. The van der Waals surface area contributed by atoms with Gasteiger partial charge in [-0.25, -0.2) is 4.68 Å². The topological polar surface area (TPSA) is 153 Å². The fourth-order valence-electron chi connectivity index (χ4n) is 4.42. The number of amides is 3. The molecule has 3 N–H and O–H groups in total. The van der Waals surface area contributed by atoms with Gasteiger partial charge in [0, 0.05) is 31.6 Å². The minimum atomic E-state index is -0.888. The lowest BCUT2D eigenvalue weighted by Gasteiger charge is -2.34. The van der Waals surface area contributed by atoms with Gasteiger partial charge in [-0.2, -0.15) is 5.26 Å². The lowest BCUT2D eigenvalue weighted by atomic mass is 9.85. The van der Waals surface area contributed by atoms with Crippen LogP contribution < -0.4 is 10.6 Å². The molecule has 1 saturated heterocycles. The Labute approximate surface area is 198 Å². The number of nitrogens with one attached hydrogen (secondary N) is 2. The molecule has 2 saturated carbocycles. The van der Waals surface area contributed by atoms with Crippen molar-refractivity contribution in [3.63, 3.8) is 0 Å². The van der Waals surface area contributed by atoms with Crippen LogP contribution in [0.5, 0.6) is 0 Å². The number of aliphatic hydroxyl groups is 1. The molecule has 11 heteroatoms. The van der Waals surface area contributed by atoms with E-state index in [2.05, 4.69) is 27.0 Å². The SMILES string of the molecule is CC(C)(C)[C@@H](C(=O)N1C[C@H](O)C[C@H]1C(=O)NCC(=O)NCC1(C#N)CC1)n1cc(C2CC2)nn1. The summed E-state index contributed by atoms with van der Waals surface area (Å²) in [5.74, 6) is -0.809. The second-order valence-electron chi connectivity index (χ2n) is 10.9. The van der Waals surface area contributed by atoms with Crippen LogP contribution in [0.2, 0.25) is 0 Å². The number of nitrogens with zero attached hydrogens (tertiary/aromatic N) is 5. The highest BCUT2D eigenvalue weighted by Crippen LogP contribution is 2.44. The molecule has 3 fully saturated rings. The van der Waals surface area contributed by atoms with Gasteiger partial charge in [-0.3, -0.25) is 14.4 Å². The van der Waals surface area contributed by atoms with Gasteiger partial charge in [0.15, 0.2) is 0 Å². The molecule has 1 aromatic heterocycles. The highest BCUT2D eigenvalue weighted by Gasteiger charge is 2.46. The van der Waals surface area contributed by atoms with Crippen molar-refractivity contribution in [2.45, 2.75) is 77.0 Å². The van der Waals surface area contributed by atoms with Crippen molar-refractivity contribution >= 4 is 17.7 Å². The van der Waals surface area contributed by atoms with Crippen molar-refractivity contribution in [3.05, 3.63) is 11.9 Å². The molecule has 34 heavy (non-hydrogen) atoms. The van der Waals surface area contributed by atoms with E-state index >= 15 is 0 Å². The van der Waals surface area contributed by atoms with Crippen molar-refractivity contribution in [3.8, 4) is 6.07 Å². The first-order chi connectivity index (χ1) is 16.0. The maximum absolute atomic E-state index is 13.7. The highest BCUT2D eigenvalue weighted by atomic mass is 16.3. The molecule has 3 amide bonds. The molecule has 0 spiro atoms. The molecule has 1 aromatic rings. The first-order valence-corrected chi connectivity index (χ1v) is 11.9. The van der Waals surface area contributed by atoms with E-state index in [4.69, 9.17) is 5.26 Å². The van der Waals surface area contributed by atoms with Gasteiger partial charge in [-0.05, 0) is 31.1 Å². The molecule has 3 aliphatic rings. The molecule has 2 aliphatic carbocycles. The van der Waals surface area contributed by atoms with E-state index in [1.54, 1.807) is 4.68 Å². The number of β-amino-alcohol motifs (C(OH)–C–C–N with tert-alkyl or cyclic N) is 1.